The molecule has 1 aliphatic rings. The van der Waals surface area contributed by atoms with Gasteiger partial charge in [-0.15, -0.1) is 0 Å². The van der Waals surface area contributed by atoms with Crippen LogP contribution in [0.4, 0.5) is 0 Å². The van der Waals surface area contributed by atoms with Gasteiger partial charge in [0.25, 0.3) is 0 Å². The number of nitrogens with zero attached hydrogens (tertiary/aromatic N) is 1. The van der Waals surface area contributed by atoms with E-state index in [1.165, 1.54) is 0 Å². The molecular formula is C9H18N2O2. The minimum absolute atomic E-state index is 0.102. The molecule has 0 aromatic rings. The van der Waals surface area contributed by atoms with Gasteiger partial charge in [-0.1, -0.05) is 6.42 Å². The van der Waals surface area contributed by atoms with Crippen molar-refractivity contribution in [1.29, 1.82) is 0 Å². The van der Waals surface area contributed by atoms with Gasteiger partial charge in [0.2, 0.25) is 0 Å². The first-order valence-corrected chi connectivity index (χ1v) is 4.83. The molecule has 4 N–H and O–H groups in total. The lowest BCUT2D eigenvalue weighted by Gasteiger charge is -2.13. The number of aliphatic hydroxyl groups is 2. The molecule has 0 spiro atoms. The molecule has 0 bridgehead atoms. The maximum absolute atomic E-state index is 9.23. The summed E-state index contributed by atoms with van der Waals surface area (Å²) < 4.78 is 0. The van der Waals surface area contributed by atoms with Gasteiger partial charge in [-0.05, 0) is 19.3 Å². The summed E-state index contributed by atoms with van der Waals surface area (Å²) >= 11 is 0. The third-order valence-corrected chi connectivity index (χ3v) is 2.32. The second kappa shape index (κ2) is 5.19. The molecule has 0 amide bonds. The quantitative estimate of drug-likeness (QED) is 0.582. The average molecular weight is 186 g/mol. The Balaban J connectivity index is 2.42. The molecule has 0 aliphatic carbocycles. The third kappa shape index (κ3) is 3.74. The van der Waals surface area contributed by atoms with E-state index in [-0.39, 0.29) is 12.6 Å². The molecule has 0 aromatic heterocycles. The topological polar surface area (TPSA) is 78.8 Å². The van der Waals surface area contributed by atoms with E-state index >= 15 is 0 Å². The van der Waals surface area contributed by atoms with Gasteiger partial charge in [-0.2, -0.15) is 0 Å². The molecular weight excluding hydrogens is 168 g/mol. The molecule has 1 heterocycles. The summed E-state index contributed by atoms with van der Waals surface area (Å²) in [5, 5.41) is 17.9. The second-order valence-corrected chi connectivity index (χ2v) is 3.59. The van der Waals surface area contributed by atoms with Crippen LogP contribution in [0.1, 0.15) is 32.1 Å². The smallest absolute Gasteiger partial charge is 0.0940 e. The lowest BCUT2D eigenvalue weighted by molar-refractivity contribution is 0.0820. The van der Waals surface area contributed by atoms with E-state index in [0.29, 0.717) is 12.3 Å². The van der Waals surface area contributed by atoms with Gasteiger partial charge < -0.3 is 15.9 Å². The van der Waals surface area contributed by atoms with E-state index in [9.17, 15) is 5.11 Å². The van der Waals surface area contributed by atoms with E-state index < -0.39 is 6.10 Å². The normalized spacial score (nSPS) is 26.3. The highest BCUT2D eigenvalue weighted by molar-refractivity contribution is 5.80. The van der Waals surface area contributed by atoms with Gasteiger partial charge in [-0.3, -0.25) is 4.99 Å². The summed E-state index contributed by atoms with van der Waals surface area (Å²) in [5.41, 5.74) is 5.65. The van der Waals surface area contributed by atoms with Crippen LogP contribution in [-0.4, -0.2) is 34.8 Å². The van der Waals surface area contributed by atoms with Crippen molar-refractivity contribution in [2.45, 2.75) is 44.2 Å². The van der Waals surface area contributed by atoms with Gasteiger partial charge in [0.15, 0.2) is 0 Å². The van der Waals surface area contributed by atoms with E-state index in [4.69, 9.17) is 10.8 Å². The van der Waals surface area contributed by atoms with Gasteiger partial charge in [0.05, 0.1) is 24.6 Å². The van der Waals surface area contributed by atoms with Crippen LogP contribution in [0.2, 0.25) is 0 Å². The highest BCUT2D eigenvalue weighted by Crippen LogP contribution is 2.16. The number of nitrogens with two attached hydrogens (primary N) is 1. The summed E-state index contributed by atoms with van der Waals surface area (Å²) in [6.45, 7) is -0.189. The predicted octanol–water partition coefficient (Wildman–Crippen LogP) is 0.0295. The monoisotopic (exact) mass is 186 g/mol. The molecule has 0 aromatic carbocycles. The zero-order valence-corrected chi connectivity index (χ0v) is 7.82. The molecule has 4 heteroatoms. The van der Waals surface area contributed by atoms with E-state index in [0.717, 1.165) is 25.7 Å². The van der Waals surface area contributed by atoms with Crippen LogP contribution in [0, 0.1) is 0 Å². The van der Waals surface area contributed by atoms with Crippen LogP contribution in [-0.2, 0) is 0 Å². The Hall–Kier alpha value is -0.610. The maximum Gasteiger partial charge on any atom is 0.0940 e. The average Bonchev–Trinajstić information content (AvgIpc) is 2.30. The molecule has 76 valence electrons. The maximum atomic E-state index is 9.23. The number of aliphatic imine (C=N–C) groups is 1. The Kier molecular flexibility index (Phi) is 4.18. The molecule has 0 radical (unpaired) electrons. The van der Waals surface area contributed by atoms with Crippen molar-refractivity contribution < 1.29 is 10.2 Å². The van der Waals surface area contributed by atoms with Crippen molar-refractivity contribution in [3.63, 3.8) is 0 Å². The first-order chi connectivity index (χ1) is 6.22. The van der Waals surface area contributed by atoms with Crippen LogP contribution in [0.15, 0.2) is 4.99 Å². The van der Waals surface area contributed by atoms with Crippen molar-refractivity contribution >= 4 is 5.84 Å². The molecule has 1 aliphatic heterocycles. The highest BCUT2D eigenvalue weighted by atomic mass is 16.3. The first-order valence-electron chi connectivity index (χ1n) is 4.83. The first kappa shape index (κ1) is 10.5. The fourth-order valence-corrected chi connectivity index (χ4v) is 1.61. The molecule has 0 fully saturated rings. The van der Waals surface area contributed by atoms with Gasteiger partial charge in [0, 0.05) is 6.42 Å². The zero-order valence-electron chi connectivity index (χ0n) is 7.82. The Morgan fingerprint density at radius 2 is 2.31 bits per heavy atom. The number of amidine groups is 1. The van der Waals surface area contributed by atoms with Crippen LogP contribution < -0.4 is 5.73 Å². The van der Waals surface area contributed by atoms with Crippen molar-refractivity contribution in [2.75, 3.05) is 6.61 Å². The second-order valence-electron chi connectivity index (χ2n) is 3.59. The number of hydrogen-bond acceptors (Lipinski definition) is 4. The third-order valence-electron chi connectivity index (χ3n) is 2.32. The minimum atomic E-state index is -0.653. The molecule has 2 unspecified atom stereocenters. The van der Waals surface area contributed by atoms with E-state index in [1.54, 1.807) is 0 Å². The van der Waals surface area contributed by atoms with Gasteiger partial charge in [0.1, 0.15) is 0 Å². The summed E-state index contributed by atoms with van der Waals surface area (Å²) in [5.74, 6) is 0.688. The summed E-state index contributed by atoms with van der Waals surface area (Å²) in [6.07, 6.45) is 3.90. The van der Waals surface area contributed by atoms with Gasteiger partial charge >= 0.3 is 0 Å². The molecule has 13 heavy (non-hydrogen) atoms. The van der Waals surface area contributed by atoms with Crippen LogP contribution in [0.5, 0.6) is 0 Å². The van der Waals surface area contributed by atoms with E-state index in [1.807, 2.05) is 0 Å². The SMILES string of the molecule is NC1=NC(CC(O)CO)CCCC1. The predicted molar refractivity (Wildman–Crippen MR) is 51.6 cm³/mol. The van der Waals surface area contributed by atoms with Gasteiger partial charge in [-0.25, -0.2) is 0 Å². The highest BCUT2D eigenvalue weighted by Gasteiger charge is 2.15. The largest absolute Gasteiger partial charge is 0.394 e. The Labute approximate surface area is 78.5 Å². The molecule has 2 atom stereocenters. The van der Waals surface area contributed by atoms with Crippen molar-refractivity contribution in [1.82, 2.24) is 0 Å². The fraction of sp³-hybridized carbons (Fsp3) is 0.889. The minimum Gasteiger partial charge on any atom is -0.394 e. The fourth-order valence-electron chi connectivity index (χ4n) is 1.61. The number of aliphatic hydroxyl groups excluding tert-OH is 2. The molecule has 0 saturated heterocycles. The lowest BCUT2D eigenvalue weighted by Crippen LogP contribution is -2.21. The summed E-state index contributed by atoms with van der Waals surface area (Å²) in [7, 11) is 0. The number of rotatable bonds is 3. The molecule has 1 rings (SSSR count). The molecule has 4 nitrogen and oxygen atoms in total. The lowest BCUT2D eigenvalue weighted by atomic mass is 10.0. The molecule has 0 saturated carbocycles. The van der Waals surface area contributed by atoms with Crippen LogP contribution >= 0.6 is 0 Å². The standard InChI is InChI=1S/C9H18N2O2/c10-9-4-2-1-3-7(11-9)5-8(13)6-12/h7-8,12-13H,1-6H2,(H2,10,11). The van der Waals surface area contributed by atoms with Crippen LogP contribution in [0.25, 0.3) is 0 Å². The van der Waals surface area contributed by atoms with Crippen molar-refractivity contribution in [3.8, 4) is 0 Å². The number of hydrogen-bond donors (Lipinski definition) is 3. The summed E-state index contributed by atoms with van der Waals surface area (Å²) in [4.78, 5) is 4.29. The van der Waals surface area contributed by atoms with Crippen molar-refractivity contribution in [3.05, 3.63) is 0 Å². The Morgan fingerprint density at radius 3 is 3.00 bits per heavy atom. The summed E-state index contributed by atoms with van der Waals surface area (Å²) in [6, 6.07) is 0.102. The Morgan fingerprint density at radius 1 is 1.54 bits per heavy atom. The van der Waals surface area contributed by atoms with E-state index in [2.05, 4.69) is 4.99 Å². The Bertz CT molecular complexity index is 182. The van der Waals surface area contributed by atoms with Crippen molar-refractivity contribution in [2.24, 2.45) is 10.7 Å². The van der Waals surface area contributed by atoms with Crippen LogP contribution in [0.3, 0.4) is 0 Å². The zero-order chi connectivity index (χ0) is 9.68.